The number of fused-ring (bicyclic) bond motifs is 2. The number of rotatable bonds is 0. The van der Waals surface area contributed by atoms with E-state index in [1.807, 2.05) is 0 Å². The van der Waals surface area contributed by atoms with Crippen LogP contribution in [0.2, 0.25) is 0 Å². The first-order chi connectivity index (χ1) is 7.69. The molecule has 1 aromatic rings. The average Bonchev–Trinajstić information content (AvgIpc) is 2.29. The molecule has 0 radical (unpaired) electrons. The fraction of sp³-hybridized carbons (Fsp3) is 0.267. The van der Waals surface area contributed by atoms with Crippen LogP contribution in [0.5, 0.6) is 0 Å². The summed E-state index contributed by atoms with van der Waals surface area (Å²) in [6.07, 6.45) is 8.58. The van der Waals surface area contributed by atoms with E-state index in [4.69, 9.17) is 4.99 Å². The van der Waals surface area contributed by atoms with Gasteiger partial charge in [-0.1, -0.05) is 50.3 Å². The zero-order valence-corrected chi connectivity index (χ0v) is 9.64. The first kappa shape index (κ1) is 9.59. The molecule has 3 rings (SSSR count). The summed E-state index contributed by atoms with van der Waals surface area (Å²) in [7, 11) is 0. The molecule has 0 saturated heterocycles. The summed E-state index contributed by atoms with van der Waals surface area (Å²) in [5, 5.41) is 0. The number of para-hydroxylation sites is 1. The van der Waals surface area contributed by atoms with Gasteiger partial charge in [0.05, 0.1) is 5.69 Å². The number of hydrogen-bond acceptors (Lipinski definition) is 1. The predicted molar refractivity (Wildman–Crippen MR) is 68.3 cm³/mol. The van der Waals surface area contributed by atoms with E-state index in [-0.39, 0.29) is 5.41 Å². The standard InChI is InChI=1S/C15H15N/c1-15(2)11-7-3-5-9-13(11)16-14-10-6-4-8-12(14)15/h3-11H,1-2H3. The monoisotopic (exact) mass is 209 g/mol. The van der Waals surface area contributed by atoms with E-state index in [0.717, 1.165) is 5.69 Å². The van der Waals surface area contributed by atoms with Crippen molar-refractivity contribution in [1.29, 1.82) is 0 Å². The minimum absolute atomic E-state index is 0.134. The normalized spacial score (nSPS) is 24.6. The molecule has 1 aromatic carbocycles. The van der Waals surface area contributed by atoms with Crippen LogP contribution in [0.4, 0.5) is 5.69 Å². The minimum Gasteiger partial charge on any atom is -0.253 e. The van der Waals surface area contributed by atoms with Gasteiger partial charge in [0.1, 0.15) is 0 Å². The molecule has 2 aliphatic rings. The largest absolute Gasteiger partial charge is 0.253 e. The summed E-state index contributed by atoms with van der Waals surface area (Å²) in [6.45, 7) is 4.60. The Labute approximate surface area is 96.2 Å². The molecule has 0 saturated carbocycles. The molecule has 1 heterocycles. The summed E-state index contributed by atoms with van der Waals surface area (Å²) in [4.78, 5) is 4.74. The quantitative estimate of drug-likeness (QED) is 0.616. The fourth-order valence-corrected chi connectivity index (χ4v) is 2.67. The van der Waals surface area contributed by atoms with Gasteiger partial charge < -0.3 is 0 Å². The number of hydrogen-bond donors (Lipinski definition) is 0. The van der Waals surface area contributed by atoms with Gasteiger partial charge in [0.2, 0.25) is 0 Å². The van der Waals surface area contributed by atoms with Crippen molar-refractivity contribution in [3.63, 3.8) is 0 Å². The second kappa shape index (κ2) is 3.18. The molecule has 1 nitrogen and oxygen atoms in total. The molecule has 1 unspecified atom stereocenters. The fourth-order valence-electron chi connectivity index (χ4n) is 2.67. The third kappa shape index (κ3) is 1.21. The minimum atomic E-state index is 0.134. The number of allylic oxidation sites excluding steroid dienone is 4. The lowest BCUT2D eigenvalue weighted by Gasteiger charge is -2.38. The Kier molecular flexibility index (Phi) is 1.90. The Morgan fingerprint density at radius 3 is 2.81 bits per heavy atom. The summed E-state index contributed by atoms with van der Waals surface area (Å²) < 4.78 is 0. The van der Waals surface area contributed by atoms with E-state index in [0.29, 0.717) is 5.92 Å². The Morgan fingerprint density at radius 1 is 1.12 bits per heavy atom. The van der Waals surface area contributed by atoms with E-state index in [9.17, 15) is 0 Å². The lowest BCUT2D eigenvalue weighted by Crippen LogP contribution is -2.36. The van der Waals surface area contributed by atoms with Crippen molar-refractivity contribution in [2.75, 3.05) is 0 Å². The molecule has 0 N–H and O–H groups in total. The zero-order chi connectivity index (χ0) is 11.2. The van der Waals surface area contributed by atoms with E-state index in [1.54, 1.807) is 0 Å². The van der Waals surface area contributed by atoms with E-state index >= 15 is 0 Å². The molecule has 1 aliphatic carbocycles. The van der Waals surface area contributed by atoms with Crippen LogP contribution in [-0.2, 0) is 5.41 Å². The highest BCUT2D eigenvalue weighted by atomic mass is 14.8. The summed E-state index contributed by atoms with van der Waals surface area (Å²) in [5.41, 5.74) is 3.79. The van der Waals surface area contributed by atoms with Gasteiger partial charge in [0.25, 0.3) is 0 Å². The van der Waals surface area contributed by atoms with Crippen molar-refractivity contribution in [3.8, 4) is 0 Å². The van der Waals surface area contributed by atoms with Crippen molar-refractivity contribution in [2.24, 2.45) is 10.9 Å². The van der Waals surface area contributed by atoms with Crippen molar-refractivity contribution < 1.29 is 0 Å². The summed E-state index contributed by atoms with van der Waals surface area (Å²) in [6, 6.07) is 8.46. The molecular formula is C15H15N. The second-order valence-corrected chi connectivity index (χ2v) is 5.00. The molecule has 1 atom stereocenters. The Hall–Kier alpha value is -1.63. The predicted octanol–water partition coefficient (Wildman–Crippen LogP) is 3.79. The van der Waals surface area contributed by atoms with Gasteiger partial charge in [0, 0.05) is 17.0 Å². The molecule has 0 amide bonds. The SMILES string of the molecule is CC1(C)c2ccccc2N=C2C=CC=CC21. The van der Waals surface area contributed by atoms with Crippen LogP contribution in [0.3, 0.4) is 0 Å². The maximum absolute atomic E-state index is 4.74. The van der Waals surface area contributed by atoms with Gasteiger partial charge in [-0.05, 0) is 17.7 Å². The third-order valence-electron chi connectivity index (χ3n) is 3.63. The van der Waals surface area contributed by atoms with Crippen LogP contribution in [0.15, 0.2) is 53.6 Å². The second-order valence-electron chi connectivity index (χ2n) is 5.00. The summed E-state index contributed by atoms with van der Waals surface area (Å²) >= 11 is 0. The van der Waals surface area contributed by atoms with Crippen LogP contribution < -0.4 is 0 Å². The van der Waals surface area contributed by atoms with Gasteiger partial charge in [0.15, 0.2) is 0 Å². The van der Waals surface area contributed by atoms with E-state index in [2.05, 4.69) is 62.4 Å². The summed E-state index contributed by atoms with van der Waals surface area (Å²) in [5.74, 6) is 0.410. The number of aliphatic imine (C=N–C) groups is 1. The van der Waals surface area contributed by atoms with Gasteiger partial charge in [-0.2, -0.15) is 0 Å². The zero-order valence-electron chi connectivity index (χ0n) is 9.64. The number of benzene rings is 1. The molecular weight excluding hydrogens is 194 g/mol. The molecule has 0 fully saturated rings. The lowest BCUT2D eigenvalue weighted by atomic mass is 9.68. The first-order valence-corrected chi connectivity index (χ1v) is 5.72. The van der Waals surface area contributed by atoms with Crippen molar-refractivity contribution in [3.05, 3.63) is 54.1 Å². The van der Waals surface area contributed by atoms with E-state index < -0.39 is 0 Å². The molecule has 0 spiro atoms. The Bertz CT molecular complexity index is 518. The molecule has 1 aliphatic heterocycles. The maximum Gasteiger partial charge on any atom is 0.0670 e. The van der Waals surface area contributed by atoms with Crippen LogP contribution in [0.25, 0.3) is 0 Å². The lowest BCUT2D eigenvalue weighted by molar-refractivity contribution is 0.460. The first-order valence-electron chi connectivity index (χ1n) is 5.72. The van der Waals surface area contributed by atoms with E-state index in [1.165, 1.54) is 11.3 Å². The van der Waals surface area contributed by atoms with Gasteiger partial charge in [-0.25, -0.2) is 0 Å². The molecule has 0 bridgehead atoms. The molecule has 0 aromatic heterocycles. The maximum atomic E-state index is 4.74. The highest BCUT2D eigenvalue weighted by Crippen LogP contribution is 2.43. The van der Waals surface area contributed by atoms with Crippen LogP contribution in [0, 0.1) is 5.92 Å². The van der Waals surface area contributed by atoms with Gasteiger partial charge in [-0.15, -0.1) is 0 Å². The van der Waals surface area contributed by atoms with Crippen LogP contribution in [0.1, 0.15) is 19.4 Å². The molecule has 16 heavy (non-hydrogen) atoms. The van der Waals surface area contributed by atoms with Gasteiger partial charge in [-0.3, -0.25) is 4.99 Å². The van der Waals surface area contributed by atoms with Crippen LogP contribution in [-0.4, -0.2) is 5.71 Å². The highest BCUT2D eigenvalue weighted by Gasteiger charge is 2.37. The Morgan fingerprint density at radius 2 is 1.94 bits per heavy atom. The smallest absolute Gasteiger partial charge is 0.0670 e. The van der Waals surface area contributed by atoms with Crippen molar-refractivity contribution in [2.45, 2.75) is 19.3 Å². The molecule has 80 valence electrons. The molecule has 1 heteroatoms. The highest BCUT2D eigenvalue weighted by molar-refractivity contribution is 6.03. The van der Waals surface area contributed by atoms with Crippen LogP contribution >= 0.6 is 0 Å². The number of nitrogens with zero attached hydrogens (tertiary/aromatic N) is 1. The van der Waals surface area contributed by atoms with Crippen molar-refractivity contribution in [1.82, 2.24) is 0 Å². The topological polar surface area (TPSA) is 12.4 Å². The third-order valence-corrected chi connectivity index (χ3v) is 3.63. The average molecular weight is 209 g/mol. The van der Waals surface area contributed by atoms with Gasteiger partial charge >= 0.3 is 0 Å². The van der Waals surface area contributed by atoms with Crippen molar-refractivity contribution >= 4 is 11.4 Å². The Balaban J connectivity index is 2.26.